The Labute approximate surface area is 121 Å². The zero-order valence-corrected chi connectivity index (χ0v) is 11.8. The van der Waals surface area contributed by atoms with E-state index in [0.717, 1.165) is 3.57 Å². The Hall–Kier alpha value is -1.41. The van der Waals surface area contributed by atoms with E-state index in [-0.39, 0.29) is 5.28 Å². The van der Waals surface area contributed by atoms with Gasteiger partial charge in [0, 0.05) is 3.57 Å². The Kier molecular flexibility index (Phi) is 3.04. The van der Waals surface area contributed by atoms with Gasteiger partial charge >= 0.3 is 0 Å². The molecule has 7 heteroatoms. The first-order valence-electron chi connectivity index (χ1n) is 5.02. The molecule has 0 spiro atoms. The maximum atomic E-state index is 5.82. The number of halogens is 2. The highest BCUT2D eigenvalue weighted by atomic mass is 127. The van der Waals surface area contributed by atoms with E-state index in [1.54, 1.807) is 0 Å². The normalized spacial score (nSPS) is 10.8. The summed E-state index contributed by atoms with van der Waals surface area (Å²) in [6, 6.07) is 7.63. The maximum absolute atomic E-state index is 5.82. The topological polar surface area (TPSA) is 63.7 Å². The third kappa shape index (κ3) is 2.25. The lowest BCUT2D eigenvalue weighted by atomic mass is 10.3. The lowest BCUT2D eigenvalue weighted by Gasteiger charge is -2.05. The van der Waals surface area contributed by atoms with E-state index in [4.69, 9.17) is 16.3 Å². The maximum Gasteiger partial charge on any atom is 0.250 e. The van der Waals surface area contributed by atoms with Gasteiger partial charge in [-0.25, -0.2) is 4.98 Å². The highest BCUT2D eigenvalue weighted by Gasteiger charge is 2.11. The van der Waals surface area contributed by atoms with Crippen LogP contribution in [0, 0.1) is 3.57 Å². The molecule has 0 saturated heterocycles. The lowest BCUT2D eigenvalue weighted by molar-refractivity contribution is 0.467. The Bertz CT molecular complexity index is 715. The molecule has 0 bridgehead atoms. The van der Waals surface area contributed by atoms with Crippen LogP contribution in [-0.4, -0.2) is 19.9 Å². The van der Waals surface area contributed by atoms with Crippen molar-refractivity contribution in [3.63, 3.8) is 0 Å². The summed E-state index contributed by atoms with van der Waals surface area (Å²) in [5, 5.41) is 0.107. The smallest absolute Gasteiger partial charge is 0.250 e. The average Bonchev–Trinajstić information content (AvgIpc) is 2.77. The number of benzene rings is 1. The molecule has 0 fully saturated rings. The molecule has 0 saturated carbocycles. The van der Waals surface area contributed by atoms with Crippen molar-refractivity contribution in [2.45, 2.75) is 0 Å². The number of imidazole rings is 1. The number of nitrogens with one attached hydrogen (secondary N) is 1. The van der Waals surface area contributed by atoms with E-state index in [1.807, 2.05) is 24.3 Å². The van der Waals surface area contributed by atoms with Crippen LogP contribution in [0.4, 0.5) is 0 Å². The highest BCUT2D eigenvalue weighted by Crippen LogP contribution is 2.27. The van der Waals surface area contributed by atoms with Crippen molar-refractivity contribution in [2.24, 2.45) is 0 Å². The highest BCUT2D eigenvalue weighted by molar-refractivity contribution is 14.1. The number of hydrogen-bond donors (Lipinski definition) is 1. The monoisotopic (exact) mass is 372 g/mol. The van der Waals surface area contributed by atoms with Crippen LogP contribution < -0.4 is 4.74 Å². The number of hydrogen-bond acceptors (Lipinski definition) is 4. The minimum Gasteiger partial charge on any atom is -0.437 e. The predicted octanol–water partition coefficient (Wildman–Crippen LogP) is 3.40. The van der Waals surface area contributed by atoms with E-state index in [1.165, 1.54) is 6.33 Å². The number of aromatic amines is 1. The molecule has 0 atom stereocenters. The third-order valence-corrected chi connectivity index (χ3v) is 3.08. The molecule has 1 aromatic carbocycles. The van der Waals surface area contributed by atoms with Crippen LogP contribution in [0.3, 0.4) is 0 Å². The van der Waals surface area contributed by atoms with Gasteiger partial charge in [-0.2, -0.15) is 9.97 Å². The number of rotatable bonds is 2. The molecule has 18 heavy (non-hydrogen) atoms. The number of nitrogens with zero attached hydrogens (tertiary/aromatic N) is 3. The van der Waals surface area contributed by atoms with Crippen molar-refractivity contribution in [3.05, 3.63) is 39.4 Å². The van der Waals surface area contributed by atoms with Gasteiger partial charge in [-0.3, -0.25) is 0 Å². The van der Waals surface area contributed by atoms with Crippen LogP contribution in [-0.2, 0) is 0 Å². The van der Waals surface area contributed by atoms with Gasteiger partial charge in [-0.1, -0.05) is 6.07 Å². The minimum atomic E-state index is 0.107. The first-order valence-corrected chi connectivity index (χ1v) is 6.48. The summed E-state index contributed by atoms with van der Waals surface area (Å²) in [5.74, 6) is 1.05. The molecule has 2 heterocycles. The zero-order chi connectivity index (χ0) is 12.5. The quantitative estimate of drug-likeness (QED) is 0.553. The second-order valence-electron chi connectivity index (χ2n) is 3.46. The molecule has 5 nitrogen and oxygen atoms in total. The van der Waals surface area contributed by atoms with Crippen molar-refractivity contribution in [1.82, 2.24) is 19.9 Å². The molecule has 0 aliphatic heterocycles. The van der Waals surface area contributed by atoms with Crippen LogP contribution in [0.5, 0.6) is 11.6 Å². The molecule has 3 rings (SSSR count). The van der Waals surface area contributed by atoms with E-state index >= 15 is 0 Å². The van der Waals surface area contributed by atoms with Crippen LogP contribution in [0.2, 0.25) is 5.28 Å². The van der Waals surface area contributed by atoms with Gasteiger partial charge in [-0.05, 0) is 52.4 Å². The van der Waals surface area contributed by atoms with Crippen molar-refractivity contribution in [1.29, 1.82) is 0 Å². The van der Waals surface area contributed by atoms with Crippen LogP contribution >= 0.6 is 34.2 Å². The average molecular weight is 373 g/mol. The van der Waals surface area contributed by atoms with E-state index in [2.05, 4.69) is 42.5 Å². The third-order valence-electron chi connectivity index (χ3n) is 2.24. The Morgan fingerprint density at radius 2 is 2.17 bits per heavy atom. The fraction of sp³-hybridized carbons (Fsp3) is 0. The predicted molar refractivity (Wildman–Crippen MR) is 75.9 cm³/mol. The fourth-order valence-corrected chi connectivity index (χ4v) is 2.17. The first-order chi connectivity index (χ1) is 8.72. The summed E-state index contributed by atoms with van der Waals surface area (Å²) in [6.45, 7) is 0. The van der Waals surface area contributed by atoms with Gasteiger partial charge in [0.05, 0.1) is 6.33 Å². The summed E-state index contributed by atoms with van der Waals surface area (Å²) >= 11 is 8.03. The second kappa shape index (κ2) is 4.69. The molecule has 0 aliphatic carbocycles. The SMILES string of the molecule is Clc1nc(Oc2cccc(I)c2)c2[nH]cnc2n1. The summed E-state index contributed by atoms with van der Waals surface area (Å²) in [5.41, 5.74) is 1.11. The molecule has 1 N–H and O–H groups in total. The molecule has 2 aromatic heterocycles. The van der Waals surface area contributed by atoms with Gasteiger partial charge in [-0.15, -0.1) is 0 Å². The van der Waals surface area contributed by atoms with Gasteiger partial charge in [0.1, 0.15) is 11.3 Å². The molecule has 3 aromatic rings. The Morgan fingerprint density at radius 1 is 1.28 bits per heavy atom. The van der Waals surface area contributed by atoms with Crippen LogP contribution in [0.1, 0.15) is 0 Å². The molecule has 0 amide bonds. The van der Waals surface area contributed by atoms with Crippen molar-refractivity contribution >= 4 is 45.4 Å². The van der Waals surface area contributed by atoms with Crippen molar-refractivity contribution < 1.29 is 4.74 Å². The number of H-pyrrole nitrogens is 1. The van der Waals surface area contributed by atoms with Gasteiger partial charge in [0.2, 0.25) is 11.2 Å². The standard InChI is InChI=1S/C11H6ClIN4O/c12-11-16-9-8(14-5-15-9)10(17-11)18-7-3-1-2-6(13)4-7/h1-5H,(H,14,15,16,17). The summed E-state index contributed by atoms with van der Waals surface area (Å²) in [6.07, 6.45) is 1.53. The van der Waals surface area contributed by atoms with Gasteiger partial charge in [0.25, 0.3) is 0 Å². The Morgan fingerprint density at radius 3 is 3.00 bits per heavy atom. The number of aromatic nitrogens is 4. The summed E-state index contributed by atoms with van der Waals surface area (Å²) in [7, 11) is 0. The molecule has 0 aliphatic rings. The fourth-order valence-electron chi connectivity index (χ4n) is 1.50. The molecular formula is C11H6ClIN4O. The molecular weight excluding hydrogens is 367 g/mol. The minimum absolute atomic E-state index is 0.107. The van der Waals surface area contributed by atoms with Crippen LogP contribution in [0.15, 0.2) is 30.6 Å². The summed E-state index contributed by atoms with van der Waals surface area (Å²) in [4.78, 5) is 15.0. The largest absolute Gasteiger partial charge is 0.437 e. The number of ether oxygens (including phenoxy) is 1. The molecule has 90 valence electrons. The first kappa shape index (κ1) is 11.7. The summed E-state index contributed by atoms with van der Waals surface area (Å²) < 4.78 is 6.78. The van der Waals surface area contributed by atoms with E-state index in [9.17, 15) is 0 Å². The van der Waals surface area contributed by atoms with Gasteiger partial charge in [0.15, 0.2) is 5.65 Å². The lowest BCUT2D eigenvalue weighted by Crippen LogP contribution is -1.92. The second-order valence-corrected chi connectivity index (χ2v) is 5.04. The van der Waals surface area contributed by atoms with Gasteiger partial charge < -0.3 is 9.72 Å². The van der Waals surface area contributed by atoms with E-state index in [0.29, 0.717) is 22.8 Å². The molecule has 0 unspecified atom stereocenters. The van der Waals surface area contributed by atoms with Crippen molar-refractivity contribution in [2.75, 3.05) is 0 Å². The number of fused-ring (bicyclic) bond motifs is 1. The van der Waals surface area contributed by atoms with E-state index < -0.39 is 0 Å². The Balaban J connectivity index is 2.06. The van der Waals surface area contributed by atoms with Crippen molar-refractivity contribution in [3.8, 4) is 11.6 Å². The zero-order valence-electron chi connectivity index (χ0n) is 8.89. The van der Waals surface area contributed by atoms with Crippen LogP contribution in [0.25, 0.3) is 11.2 Å². The molecule has 0 radical (unpaired) electrons.